The first-order valence-corrected chi connectivity index (χ1v) is 11.8. The maximum Gasteiger partial charge on any atom is 0.306 e. The van der Waals surface area contributed by atoms with Crippen molar-refractivity contribution >= 4 is 11.9 Å². The molecule has 0 radical (unpaired) electrons. The van der Waals surface area contributed by atoms with Crippen LogP contribution in [0.15, 0.2) is 0 Å². The van der Waals surface area contributed by atoms with E-state index in [2.05, 4.69) is 13.8 Å². The van der Waals surface area contributed by atoms with E-state index in [1.54, 1.807) is 0 Å². The van der Waals surface area contributed by atoms with Gasteiger partial charge in [0, 0.05) is 0 Å². The highest BCUT2D eigenvalue weighted by Gasteiger charge is 2.19. The lowest BCUT2D eigenvalue weighted by Gasteiger charge is -2.24. The van der Waals surface area contributed by atoms with Gasteiger partial charge in [-0.1, -0.05) is 78.1 Å². The Morgan fingerprint density at radius 1 is 0.679 bits per heavy atom. The minimum absolute atomic E-state index is 0.131. The molecule has 28 heavy (non-hydrogen) atoms. The highest BCUT2D eigenvalue weighted by molar-refractivity contribution is 5.77. The highest BCUT2D eigenvalue weighted by atomic mass is 16.5. The summed E-state index contributed by atoms with van der Waals surface area (Å²) in [6, 6.07) is 0. The summed E-state index contributed by atoms with van der Waals surface area (Å²) >= 11 is 0. The fraction of sp³-hybridized carbons (Fsp3) is 0.917. The molecule has 2 atom stereocenters. The van der Waals surface area contributed by atoms with Crippen LogP contribution in [0.3, 0.4) is 0 Å². The normalized spacial score (nSPS) is 21.1. The zero-order valence-corrected chi connectivity index (χ0v) is 18.3. The van der Waals surface area contributed by atoms with Gasteiger partial charge in [0.05, 0.1) is 26.1 Å². The minimum atomic E-state index is -0.275. The van der Waals surface area contributed by atoms with Crippen LogP contribution in [-0.2, 0) is 19.1 Å². The number of carbonyl (C=O) groups is 2. The van der Waals surface area contributed by atoms with Crippen LogP contribution in [0, 0.1) is 23.7 Å². The molecule has 2 unspecified atom stereocenters. The Morgan fingerprint density at radius 3 is 1.39 bits per heavy atom. The Balaban J connectivity index is 1.49. The average molecular weight is 395 g/mol. The standard InChI is InChI=1S/C24H42O4/c1-19(15-21-9-5-3-6-10-21)17-27-23(25)13-14-24(26)28-18-20(2)16-22-11-7-4-8-12-22/h19-22H,3-18H2,1-2H3. The summed E-state index contributed by atoms with van der Waals surface area (Å²) in [6.45, 7) is 5.26. The zero-order valence-electron chi connectivity index (χ0n) is 18.3. The molecule has 0 aromatic rings. The first-order chi connectivity index (χ1) is 13.5. The highest BCUT2D eigenvalue weighted by Crippen LogP contribution is 2.30. The molecule has 162 valence electrons. The molecule has 0 N–H and O–H groups in total. The summed E-state index contributed by atoms with van der Waals surface area (Å²) in [5, 5.41) is 0. The topological polar surface area (TPSA) is 52.6 Å². The van der Waals surface area contributed by atoms with Gasteiger partial charge in [0.2, 0.25) is 0 Å². The number of esters is 2. The Morgan fingerprint density at radius 2 is 1.04 bits per heavy atom. The maximum absolute atomic E-state index is 11.9. The molecule has 4 heteroatoms. The van der Waals surface area contributed by atoms with Gasteiger partial charge in [-0.3, -0.25) is 9.59 Å². The van der Waals surface area contributed by atoms with Crippen LogP contribution in [0.5, 0.6) is 0 Å². The van der Waals surface area contributed by atoms with Crippen molar-refractivity contribution in [2.75, 3.05) is 13.2 Å². The Labute approximate surface area is 172 Å². The van der Waals surface area contributed by atoms with Gasteiger partial charge in [0.15, 0.2) is 0 Å². The van der Waals surface area contributed by atoms with Crippen molar-refractivity contribution in [3.63, 3.8) is 0 Å². The van der Waals surface area contributed by atoms with Gasteiger partial charge in [-0.2, -0.15) is 0 Å². The summed E-state index contributed by atoms with van der Waals surface area (Å²) in [5.74, 6) is 1.85. The van der Waals surface area contributed by atoms with E-state index in [1.165, 1.54) is 64.2 Å². The van der Waals surface area contributed by atoms with Crippen LogP contribution < -0.4 is 0 Å². The predicted octanol–water partition coefficient (Wildman–Crippen LogP) is 6.07. The van der Waals surface area contributed by atoms with E-state index in [0.717, 1.165) is 24.7 Å². The lowest BCUT2D eigenvalue weighted by molar-refractivity contribution is -0.151. The second kappa shape index (κ2) is 13.2. The van der Waals surface area contributed by atoms with Crippen molar-refractivity contribution in [3.8, 4) is 0 Å². The van der Waals surface area contributed by atoms with Gasteiger partial charge in [0.25, 0.3) is 0 Å². The van der Waals surface area contributed by atoms with Crippen molar-refractivity contribution in [2.45, 2.75) is 104 Å². The number of rotatable bonds is 11. The summed E-state index contributed by atoms with van der Waals surface area (Å²) < 4.78 is 10.8. The van der Waals surface area contributed by atoms with Crippen molar-refractivity contribution in [3.05, 3.63) is 0 Å². The van der Waals surface area contributed by atoms with Crippen LogP contribution in [0.25, 0.3) is 0 Å². The molecule has 2 aliphatic carbocycles. The molecule has 0 amide bonds. The molecular formula is C24H42O4. The van der Waals surface area contributed by atoms with Gasteiger partial charge < -0.3 is 9.47 Å². The van der Waals surface area contributed by atoms with E-state index in [4.69, 9.17) is 9.47 Å². The molecule has 0 aromatic heterocycles. The van der Waals surface area contributed by atoms with E-state index in [9.17, 15) is 9.59 Å². The number of hydrogen-bond acceptors (Lipinski definition) is 4. The van der Waals surface area contributed by atoms with Gasteiger partial charge in [-0.05, 0) is 36.5 Å². The van der Waals surface area contributed by atoms with Crippen LogP contribution >= 0.6 is 0 Å². The molecule has 2 saturated carbocycles. The molecule has 2 aliphatic rings. The van der Waals surface area contributed by atoms with Crippen molar-refractivity contribution in [2.24, 2.45) is 23.7 Å². The molecule has 2 fully saturated rings. The molecule has 4 nitrogen and oxygen atoms in total. The van der Waals surface area contributed by atoms with Crippen molar-refractivity contribution < 1.29 is 19.1 Å². The first kappa shape index (κ1) is 23.2. The third-order valence-corrected chi connectivity index (χ3v) is 6.51. The van der Waals surface area contributed by atoms with Crippen molar-refractivity contribution in [1.29, 1.82) is 0 Å². The van der Waals surface area contributed by atoms with Gasteiger partial charge in [0.1, 0.15) is 0 Å². The average Bonchev–Trinajstić information content (AvgIpc) is 2.70. The maximum atomic E-state index is 11.9. The fourth-order valence-electron chi connectivity index (χ4n) is 4.94. The largest absolute Gasteiger partial charge is 0.465 e. The Bertz CT molecular complexity index is 408. The molecule has 0 aliphatic heterocycles. The monoisotopic (exact) mass is 394 g/mol. The lowest BCUT2D eigenvalue weighted by Crippen LogP contribution is -2.19. The third kappa shape index (κ3) is 9.93. The van der Waals surface area contributed by atoms with Gasteiger partial charge in [-0.25, -0.2) is 0 Å². The molecule has 0 spiro atoms. The number of hydrogen-bond donors (Lipinski definition) is 0. The lowest BCUT2D eigenvalue weighted by atomic mass is 9.83. The predicted molar refractivity (Wildman–Crippen MR) is 112 cm³/mol. The first-order valence-electron chi connectivity index (χ1n) is 11.8. The van der Waals surface area contributed by atoms with E-state index >= 15 is 0 Å². The third-order valence-electron chi connectivity index (χ3n) is 6.51. The second-order valence-corrected chi connectivity index (χ2v) is 9.56. The van der Waals surface area contributed by atoms with E-state index in [1.807, 2.05) is 0 Å². The van der Waals surface area contributed by atoms with Crippen LogP contribution in [-0.4, -0.2) is 25.2 Å². The fourth-order valence-corrected chi connectivity index (χ4v) is 4.94. The van der Waals surface area contributed by atoms with Crippen molar-refractivity contribution in [1.82, 2.24) is 0 Å². The van der Waals surface area contributed by atoms with E-state index in [0.29, 0.717) is 25.0 Å². The summed E-state index contributed by atoms with van der Waals surface area (Å²) in [6.07, 6.45) is 16.0. The second-order valence-electron chi connectivity index (χ2n) is 9.56. The number of ether oxygens (including phenoxy) is 2. The SMILES string of the molecule is CC(COC(=O)CCC(=O)OCC(C)CC1CCCCC1)CC1CCCCC1. The molecule has 0 saturated heterocycles. The van der Waals surface area contributed by atoms with E-state index in [-0.39, 0.29) is 24.8 Å². The molecular weight excluding hydrogens is 352 g/mol. The molecule has 0 aromatic carbocycles. The van der Waals surface area contributed by atoms with Gasteiger partial charge >= 0.3 is 11.9 Å². The summed E-state index contributed by atoms with van der Waals surface area (Å²) in [4.78, 5) is 23.8. The molecule has 0 heterocycles. The Kier molecular flexibility index (Phi) is 11.0. The van der Waals surface area contributed by atoms with Crippen LogP contribution in [0.2, 0.25) is 0 Å². The smallest absolute Gasteiger partial charge is 0.306 e. The summed E-state index contributed by atoms with van der Waals surface area (Å²) in [7, 11) is 0. The molecule has 0 bridgehead atoms. The van der Waals surface area contributed by atoms with E-state index < -0.39 is 0 Å². The summed E-state index contributed by atoms with van der Waals surface area (Å²) in [5.41, 5.74) is 0. The Hall–Kier alpha value is -1.06. The molecule has 2 rings (SSSR count). The minimum Gasteiger partial charge on any atom is -0.465 e. The number of carbonyl (C=O) groups excluding carboxylic acids is 2. The van der Waals surface area contributed by atoms with Crippen LogP contribution in [0.4, 0.5) is 0 Å². The van der Waals surface area contributed by atoms with Crippen LogP contribution in [0.1, 0.15) is 104 Å². The zero-order chi connectivity index (χ0) is 20.2. The van der Waals surface area contributed by atoms with Gasteiger partial charge in [-0.15, -0.1) is 0 Å². The quantitative estimate of drug-likeness (QED) is 0.399.